The van der Waals surface area contributed by atoms with E-state index >= 15 is 0 Å². The van der Waals surface area contributed by atoms with Crippen molar-refractivity contribution in [3.8, 4) is 11.3 Å². The molecule has 2 aromatic rings. The number of sulfonamides is 1. The Balaban J connectivity index is 1.54. The van der Waals surface area contributed by atoms with E-state index in [1.165, 1.54) is 23.5 Å². The van der Waals surface area contributed by atoms with E-state index in [4.69, 9.17) is 0 Å². The first kappa shape index (κ1) is 18.6. The quantitative estimate of drug-likeness (QED) is 0.809. The number of ketones is 1. The lowest BCUT2D eigenvalue weighted by atomic mass is 9.70. The first-order valence-corrected chi connectivity index (χ1v) is 11.4. The number of rotatable bonds is 5. The van der Waals surface area contributed by atoms with Gasteiger partial charge in [-0.3, -0.25) is 9.52 Å². The summed E-state index contributed by atoms with van der Waals surface area (Å²) in [5.74, 6) is -0.202. The maximum Gasteiger partial charge on any atom is 0.235 e. The number of benzene rings is 1. The van der Waals surface area contributed by atoms with Crippen LogP contribution < -0.4 is 4.72 Å². The lowest BCUT2D eigenvalue weighted by Crippen LogP contribution is -2.43. The Hall–Kier alpha value is -1.80. The summed E-state index contributed by atoms with van der Waals surface area (Å²) in [6, 6.07) is 5.87. The number of hydrogen-bond donors (Lipinski definition) is 1. The average Bonchev–Trinajstić information content (AvgIpc) is 3.17. The van der Waals surface area contributed by atoms with E-state index in [0.29, 0.717) is 24.1 Å². The number of fused-ring (bicyclic) bond motifs is 2. The summed E-state index contributed by atoms with van der Waals surface area (Å²) in [4.78, 5) is 16.9. The molecule has 2 fully saturated rings. The molecule has 1 heterocycles. The van der Waals surface area contributed by atoms with Crippen LogP contribution in [0.3, 0.4) is 0 Å². The molecule has 2 aliphatic carbocycles. The predicted octanol–water partition coefficient (Wildman–Crippen LogP) is 4.09. The van der Waals surface area contributed by atoms with E-state index in [-0.39, 0.29) is 33.8 Å². The van der Waals surface area contributed by atoms with Crippen LogP contribution in [-0.2, 0) is 14.8 Å². The van der Waals surface area contributed by atoms with Crippen molar-refractivity contribution in [3.05, 3.63) is 35.5 Å². The van der Waals surface area contributed by atoms with Gasteiger partial charge < -0.3 is 0 Å². The van der Waals surface area contributed by atoms with Crippen molar-refractivity contribution in [2.45, 2.75) is 33.1 Å². The fourth-order valence-electron chi connectivity index (χ4n) is 4.68. The molecule has 144 valence electrons. The number of thiazole rings is 1. The minimum absolute atomic E-state index is 0.0697. The fourth-order valence-corrected chi connectivity index (χ4v) is 7.52. The molecule has 1 aromatic heterocycles. The molecule has 1 N–H and O–H groups in total. The number of aromatic nitrogens is 1. The summed E-state index contributed by atoms with van der Waals surface area (Å²) in [6.07, 6.45) is 2.01. The van der Waals surface area contributed by atoms with E-state index < -0.39 is 15.4 Å². The summed E-state index contributed by atoms with van der Waals surface area (Å²) >= 11 is 1.17. The van der Waals surface area contributed by atoms with Crippen LogP contribution in [0.25, 0.3) is 11.3 Å². The summed E-state index contributed by atoms with van der Waals surface area (Å²) in [6.45, 7) is 4.03. The molecule has 2 bridgehead atoms. The number of anilines is 1. The van der Waals surface area contributed by atoms with E-state index in [0.717, 1.165) is 6.42 Å². The summed E-state index contributed by atoms with van der Waals surface area (Å²) in [5, 5.41) is 1.98. The van der Waals surface area contributed by atoms with Gasteiger partial charge in [-0.05, 0) is 48.4 Å². The van der Waals surface area contributed by atoms with Gasteiger partial charge in [0.2, 0.25) is 10.0 Å². The first-order valence-electron chi connectivity index (χ1n) is 8.88. The second-order valence-electron chi connectivity index (χ2n) is 8.07. The van der Waals surface area contributed by atoms with Crippen molar-refractivity contribution < 1.29 is 17.6 Å². The summed E-state index contributed by atoms with van der Waals surface area (Å²) in [7, 11) is -3.72. The summed E-state index contributed by atoms with van der Waals surface area (Å²) in [5.41, 5.74) is 0.179. The maximum absolute atomic E-state index is 13.1. The van der Waals surface area contributed by atoms with Crippen molar-refractivity contribution in [2.24, 2.45) is 16.7 Å². The van der Waals surface area contributed by atoms with E-state index in [2.05, 4.69) is 9.71 Å². The van der Waals surface area contributed by atoms with Crippen LogP contribution in [0.5, 0.6) is 0 Å². The molecule has 2 aliphatic rings. The van der Waals surface area contributed by atoms with Crippen LogP contribution in [-0.4, -0.2) is 24.9 Å². The minimum atomic E-state index is -3.72. The molecular formula is C19H21FN2O3S2. The van der Waals surface area contributed by atoms with Crippen LogP contribution in [0.15, 0.2) is 29.6 Å². The van der Waals surface area contributed by atoms with Crippen molar-refractivity contribution in [1.29, 1.82) is 0 Å². The molecule has 0 unspecified atom stereocenters. The van der Waals surface area contributed by atoms with Gasteiger partial charge in [-0.1, -0.05) is 13.8 Å². The number of carbonyl (C=O) groups is 1. The molecule has 1 aromatic carbocycles. The van der Waals surface area contributed by atoms with Gasteiger partial charge in [0.25, 0.3) is 0 Å². The number of halogens is 1. The molecule has 27 heavy (non-hydrogen) atoms. The van der Waals surface area contributed by atoms with Crippen LogP contribution in [0.4, 0.5) is 9.52 Å². The molecular weight excluding hydrogens is 387 g/mol. The number of hydrogen-bond acceptors (Lipinski definition) is 5. The molecule has 2 atom stereocenters. The van der Waals surface area contributed by atoms with Gasteiger partial charge in [0.15, 0.2) is 5.13 Å². The molecule has 0 radical (unpaired) electrons. The van der Waals surface area contributed by atoms with Gasteiger partial charge in [0, 0.05) is 17.4 Å². The van der Waals surface area contributed by atoms with Crippen molar-refractivity contribution in [3.63, 3.8) is 0 Å². The number of nitrogens with one attached hydrogen (secondary N) is 1. The van der Waals surface area contributed by atoms with Crippen molar-refractivity contribution in [1.82, 2.24) is 4.98 Å². The van der Waals surface area contributed by atoms with E-state index in [1.807, 2.05) is 13.8 Å². The highest BCUT2D eigenvalue weighted by Crippen LogP contribution is 2.64. The lowest BCUT2D eigenvalue weighted by molar-refractivity contribution is -0.128. The Morgan fingerprint density at radius 3 is 2.59 bits per heavy atom. The lowest BCUT2D eigenvalue weighted by Gasteiger charge is -2.36. The van der Waals surface area contributed by atoms with Crippen molar-refractivity contribution in [2.75, 3.05) is 10.5 Å². The second-order valence-corrected chi connectivity index (χ2v) is 10.7. The zero-order valence-corrected chi connectivity index (χ0v) is 16.8. The smallest absolute Gasteiger partial charge is 0.235 e. The molecule has 0 aliphatic heterocycles. The Kier molecular flexibility index (Phi) is 4.19. The Morgan fingerprint density at radius 2 is 2.00 bits per heavy atom. The highest BCUT2D eigenvalue weighted by molar-refractivity contribution is 7.92. The fraction of sp³-hybridized carbons (Fsp3) is 0.474. The van der Waals surface area contributed by atoms with Gasteiger partial charge in [-0.15, -0.1) is 11.3 Å². The van der Waals surface area contributed by atoms with Crippen molar-refractivity contribution >= 4 is 32.3 Å². The van der Waals surface area contributed by atoms with Crippen LogP contribution in [0.1, 0.15) is 33.1 Å². The molecule has 0 spiro atoms. The third-order valence-electron chi connectivity index (χ3n) is 6.46. The zero-order valence-electron chi connectivity index (χ0n) is 15.2. The van der Waals surface area contributed by atoms with Gasteiger partial charge in [-0.25, -0.2) is 17.8 Å². The highest BCUT2D eigenvalue weighted by Gasteiger charge is 2.65. The van der Waals surface area contributed by atoms with Gasteiger partial charge in [-0.2, -0.15) is 0 Å². The number of carbonyl (C=O) groups excluding carboxylic acids is 1. The molecule has 4 rings (SSSR count). The normalized spacial score (nSPS) is 26.5. The molecule has 8 heteroatoms. The monoisotopic (exact) mass is 408 g/mol. The number of nitrogens with zero attached hydrogens (tertiary/aromatic N) is 1. The minimum Gasteiger partial charge on any atom is -0.299 e. The SMILES string of the molecule is CC1(C)[C@@H]2CC[C@]1(CS(=O)(=O)Nc1nc(-c3ccc(F)cc3)cs1)C(=O)C2. The average molecular weight is 409 g/mol. The predicted molar refractivity (Wildman–Crippen MR) is 103 cm³/mol. The highest BCUT2D eigenvalue weighted by atomic mass is 32.2. The Labute approximate surface area is 162 Å². The van der Waals surface area contributed by atoms with Crippen LogP contribution in [0.2, 0.25) is 0 Å². The molecule has 0 amide bonds. The van der Waals surface area contributed by atoms with Crippen LogP contribution in [0, 0.1) is 22.6 Å². The van der Waals surface area contributed by atoms with E-state index in [9.17, 15) is 17.6 Å². The molecule has 2 saturated carbocycles. The number of Topliss-reactive ketones (excluding diaryl/α,β-unsaturated/α-hetero) is 1. The Morgan fingerprint density at radius 1 is 1.30 bits per heavy atom. The summed E-state index contributed by atoms with van der Waals surface area (Å²) < 4.78 is 41.2. The topological polar surface area (TPSA) is 76.1 Å². The zero-order chi connectivity index (χ0) is 19.4. The molecule has 0 saturated heterocycles. The second kappa shape index (κ2) is 6.10. The third kappa shape index (κ3) is 2.99. The largest absolute Gasteiger partial charge is 0.299 e. The van der Waals surface area contributed by atoms with E-state index in [1.54, 1.807) is 17.5 Å². The standard InChI is InChI=1S/C19H21FN2O3S2/c1-18(2)13-7-8-19(18,16(23)9-13)11-27(24,25)22-17-21-15(10-26-17)12-3-5-14(20)6-4-12/h3-6,10,13H,7-9,11H2,1-2H3,(H,21,22)/t13-,19+/m1/s1. The van der Waals surface area contributed by atoms with Gasteiger partial charge in [0.05, 0.1) is 16.9 Å². The van der Waals surface area contributed by atoms with Crippen LogP contribution >= 0.6 is 11.3 Å². The molecule has 5 nitrogen and oxygen atoms in total. The van der Waals surface area contributed by atoms with Gasteiger partial charge >= 0.3 is 0 Å². The van der Waals surface area contributed by atoms with Gasteiger partial charge in [0.1, 0.15) is 11.6 Å². The third-order valence-corrected chi connectivity index (χ3v) is 8.73. The maximum atomic E-state index is 13.1. The first-order chi connectivity index (χ1) is 12.6. The Bertz CT molecular complexity index is 998.